The standard InChI is InChI=1S/C30H26F2O3/c1-3-27(24-9-6-10-26(19-24)35-30(2,31)32)29(25-17-22-7-4-5-8-23(22)18-25)21-14-11-20(12-15-21)13-16-28(33)34/h4-17,19H,3,18H2,1-2H3,(H,33,34)/b16-13+,29-27+. The van der Waals surface area contributed by atoms with E-state index < -0.39 is 12.1 Å². The fraction of sp³-hybridized carbons (Fsp3) is 0.167. The van der Waals surface area contributed by atoms with Gasteiger partial charge in [-0.2, -0.15) is 8.78 Å². The summed E-state index contributed by atoms with van der Waals surface area (Å²) in [5.41, 5.74) is 8.16. The van der Waals surface area contributed by atoms with E-state index in [4.69, 9.17) is 9.84 Å². The molecule has 0 saturated heterocycles. The number of ether oxygens (including phenoxy) is 1. The lowest BCUT2D eigenvalue weighted by Gasteiger charge is -2.19. The molecule has 5 heteroatoms. The van der Waals surface area contributed by atoms with Gasteiger partial charge in [-0.05, 0) is 75.6 Å². The van der Waals surface area contributed by atoms with Crippen molar-refractivity contribution < 1.29 is 23.4 Å². The van der Waals surface area contributed by atoms with Crippen molar-refractivity contribution in [3.63, 3.8) is 0 Å². The minimum atomic E-state index is -3.27. The first kappa shape index (κ1) is 24.1. The van der Waals surface area contributed by atoms with E-state index in [0.717, 1.165) is 52.8 Å². The highest BCUT2D eigenvalue weighted by atomic mass is 19.3. The molecule has 0 bridgehead atoms. The minimum Gasteiger partial charge on any atom is -0.478 e. The van der Waals surface area contributed by atoms with Gasteiger partial charge in [0, 0.05) is 13.0 Å². The number of carboxylic acids is 1. The van der Waals surface area contributed by atoms with Crippen LogP contribution in [-0.2, 0) is 11.2 Å². The molecule has 0 unspecified atom stereocenters. The molecule has 3 aromatic carbocycles. The third-order valence-electron chi connectivity index (χ3n) is 5.84. The van der Waals surface area contributed by atoms with Gasteiger partial charge in [0.2, 0.25) is 0 Å². The summed E-state index contributed by atoms with van der Waals surface area (Å²) in [6, 6.07) is 22.7. The van der Waals surface area contributed by atoms with E-state index in [2.05, 4.69) is 18.2 Å². The Morgan fingerprint density at radius 1 is 1.03 bits per heavy atom. The molecule has 0 fully saturated rings. The van der Waals surface area contributed by atoms with Crippen molar-refractivity contribution in [2.24, 2.45) is 0 Å². The average Bonchev–Trinajstić information content (AvgIpc) is 3.24. The van der Waals surface area contributed by atoms with Gasteiger partial charge in [-0.25, -0.2) is 4.79 Å². The number of aliphatic carboxylic acids is 1. The monoisotopic (exact) mass is 472 g/mol. The lowest BCUT2D eigenvalue weighted by atomic mass is 9.87. The van der Waals surface area contributed by atoms with Crippen LogP contribution < -0.4 is 4.74 Å². The lowest BCUT2D eigenvalue weighted by Crippen LogP contribution is -2.19. The Labute approximate surface area is 203 Å². The van der Waals surface area contributed by atoms with Crippen LogP contribution in [0.25, 0.3) is 23.3 Å². The van der Waals surface area contributed by atoms with Crippen LogP contribution in [0.1, 0.15) is 48.1 Å². The SMILES string of the molecule is CC/C(=C(\C1=Cc2ccccc2C1)c1ccc(/C=C/C(=O)O)cc1)c1cccc(OC(C)(F)F)c1. The number of fused-ring (bicyclic) bond motifs is 1. The maximum atomic E-state index is 13.5. The molecule has 0 heterocycles. The van der Waals surface area contributed by atoms with Gasteiger partial charge in [0.1, 0.15) is 5.75 Å². The number of carboxylic acid groups (broad SMARTS) is 1. The molecule has 0 spiro atoms. The summed E-state index contributed by atoms with van der Waals surface area (Å²) in [4.78, 5) is 10.9. The molecule has 0 radical (unpaired) electrons. The van der Waals surface area contributed by atoms with Crippen molar-refractivity contribution in [3.05, 3.63) is 112 Å². The minimum absolute atomic E-state index is 0.109. The van der Waals surface area contributed by atoms with Gasteiger partial charge in [0.15, 0.2) is 0 Å². The number of rotatable bonds is 8. The first-order chi connectivity index (χ1) is 16.7. The highest BCUT2D eigenvalue weighted by Gasteiger charge is 2.24. The molecule has 3 nitrogen and oxygen atoms in total. The van der Waals surface area contributed by atoms with Crippen LogP contribution in [0.2, 0.25) is 0 Å². The molecule has 0 saturated carbocycles. The summed E-state index contributed by atoms with van der Waals surface area (Å²) >= 11 is 0. The number of carbonyl (C=O) groups is 1. The van der Waals surface area contributed by atoms with Crippen LogP contribution >= 0.6 is 0 Å². The first-order valence-corrected chi connectivity index (χ1v) is 11.4. The molecule has 178 valence electrons. The fourth-order valence-electron chi connectivity index (χ4n) is 4.40. The third kappa shape index (κ3) is 5.93. The quantitative estimate of drug-likeness (QED) is 0.269. The summed E-state index contributed by atoms with van der Waals surface area (Å²) in [5, 5.41) is 8.91. The van der Waals surface area contributed by atoms with E-state index in [1.165, 1.54) is 17.2 Å². The smallest absolute Gasteiger partial charge is 0.394 e. The zero-order valence-corrected chi connectivity index (χ0v) is 19.6. The number of alkyl halides is 2. The highest BCUT2D eigenvalue weighted by molar-refractivity contribution is 6.02. The molecule has 0 amide bonds. The maximum Gasteiger partial charge on any atom is 0.394 e. The largest absolute Gasteiger partial charge is 0.478 e. The van der Waals surface area contributed by atoms with Crippen molar-refractivity contribution in [2.75, 3.05) is 0 Å². The fourth-order valence-corrected chi connectivity index (χ4v) is 4.40. The van der Waals surface area contributed by atoms with Crippen LogP contribution in [0.4, 0.5) is 8.78 Å². The third-order valence-corrected chi connectivity index (χ3v) is 5.84. The molecule has 0 aliphatic heterocycles. The van der Waals surface area contributed by atoms with E-state index in [1.54, 1.807) is 18.2 Å². The van der Waals surface area contributed by atoms with Gasteiger partial charge in [-0.1, -0.05) is 73.7 Å². The van der Waals surface area contributed by atoms with E-state index in [1.807, 2.05) is 49.4 Å². The Hall–Kier alpha value is -3.99. The van der Waals surface area contributed by atoms with Crippen LogP contribution in [-0.4, -0.2) is 17.2 Å². The second-order valence-corrected chi connectivity index (χ2v) is 8.48. The number of halogens is 2. The maximum absolute atomic E-state index is 13.5. The van der Waals surface area contributed by atoms with E-state index in [-0.39, 0.29) is 5.75 Å². The molecular weight excluding hydrogens is 446 g/mol. The van der Waals surface area contributed by atoms with Crippen LogP contribution in [0.5, 0.6) is 5.75 Å². The summed E-state index contributed by atoms with van der Waals surface area (Å²) < 4.78 is 31.9. The van der Waals surface area contributed by atoms with E-state index >= 15 is 0 Å². The van der Waals surface area contributed by atoms with Gasteiger partial charge in [-0.3, -0.25) is 0 Å². The Bertz CT molecular complexity index is 1330. The predicted molar refractivity (Wildman–Crippen MR) is 136 cm³/mol. The Balaban J connectivity index is 1.84. The van der Waals surface area contributed by atoms with Gasteiger partial charge in [-0.15, -0.1) is 0 Å². The van der Waals surface area contributed by atoms with Crippen LogP contribution in [0, 0.1) is 0 Å². The second-order valence-electron chi connectivity index (χ2n) is 8.48. The van der Waals surface area contributed by atoms with Crippen molar-refractivity contribution in [2.45, 2.75) is 32.8 Å². The highest BCUT2D eigenvalue weighted by Crippen LogP contribution is 2.41. The Morgan fingerprint density at radius 3 is 2.43 bits per heavy atom. The number of allylic oxidation sites excluding steroid dienone is 3. The molecule has 3 aromatic rings. The van der Waals surface area contributed by atoms with E-state index in [9.17, 15) is 13.6 Å². The molecule has 1 N–H and O–H groups in total. The van der Waals surface area contributed by atoms with Gasteiger partial charge >= 0.3 is 12.1 Å². The van der Waals surface area contributed by atoms with Crippen molar-refractivity contribution in [1.82, 2.24) is 0 Å². The molecule has 0 aromatic heterocycles. The zero-order valence-electron chi connectivity index (χ0n) is 19.6. The zero-order chi connectivity index (χ0) is 25.0. The van der Waals surface area contributed by atoms with Crippen LogP contribution in [0.3, 0.4) is 0 Å². The van der Waals surface area contributed by atoms with Crippen LogP contribution in [0.15, 0.2) is 84.4 Å². The molecule has 4 rings (SSSR count). The summed E-state index contributed by atoms with van der Waals surface area (Å²) in [7, 11) is 0. The average molecular weight is 473 g/mol. The number of hydrogen-bond acceptors (Lipinski definition) is 2. The Kier molecular flexibility index (Phi) is 6.97. The second kappa shape index (κ2) is 10.1. The molecular formula is C30H26F2O3. The molecule has 1 aliphatic rings. The number of benzene rings is 3. The molecule has 35 heavy (non-hydrogen) atoms. The first-order valence-electron chi connectivity index (χ1n) is 11.4. The topological polar surface area (TPSA) is 46.5 Å². The molecule has 0 atom stereocenters. The van der Waals surface area contributed by atoms with E-state index in [0.29, 0.717) is 6.42 Å². The van der Waals surface area contributed by atoms with Crippen molar-refractivity contribution in [1.29, 1.82) is 0 Å². The lowest BCUT2D eigenvalue weighted by molar-refractivity contribution is -0.159. The van der Waals surface area contributed by atoms with Gasteiger partial charge in [0.05, 0.1) is 0 Å². The van der Waals surface area contributed by atoms with Gasteiger partial charge in [0.25, 0.3) is 0 Å². The van der Waals surface area contributed by atoms with Crippen molar-refractivity contribution >= 4 is 29.3 Å². The summed E-state index contributed by atoms with van der Waals surface area (Å²) in [5.74, 6) is -0.894. The Morgan fingerprint density at radius 2 is 1.77 bits per heavy atom. The van der Waals surface area contributed by atoms with Gasteiger partial charge < -0.3 is 9.84 Å². The number of hydrogen-bond donors (Lipinski definition) is 1. The normalized spacial score (nSPS) is 13.9. The predicted octanol–water partition coefficient (Wildman–Crippen LogP) is 7.74. The van der Waals surface area contributed by atoms with Crippen molar-refractivity contribution in [3.8, 4) is 5.75 Å². The summed E-state index contributed by atoms with van der Waals surface area (Å²) in [6.45, 7) is 2.77. The summed E-state index contributed by atoms with van der Waals surface area (Å²) in [6.07, 6.45) is 3.00. The molecule has 1 aliphatic carbocycles.